The molecule has 14 heteroatoms. The highest BCUT2D eigenvalue weighted by molar-refractivity contribution is 7.90. The lowest BCUT2D eigenvalue weighted by Crippen LogP contribution is -2.57. The zero-order valence-electron chi connectivity index (χ0n) is 30.4. The van der Waals surface area contributed by atoms with Gasteiger partial charge in [0, 0.05) is 42.0 Å². The van der Waals surface area contributed by atoms with Crippen molar-refractivity contribution < 1.29 is 32.3 Å². The number of ether oxygens (including phenoxy) is 2. The molecule has 1 aromatic carbocycles. The number of hydrogen-bond acceptors (Lipinski definition) is 9. The van der Waals surface area contributed by atoms with Gasteiger partial charge >= 0.3 is 0 Å². The molecule has 0 spiro atoms. The Bertz CT molecular complexity index is 1950. The van der Waals surface area contributed by atoms with E-state index in [1.54, 1.807) is 17.9 Å². The number of amides is 3. The second-order valence-electron chi connectivity index (χ2n) is 14.5. The van der Waals surface area contributed by atoms with Crippen LogP contribution in [0.3, 0.4) is 0 Å². The number of methoxy groups -OCH3 is 1. The zero-order chi connectivity index (χ0) is 37.0. The van der Waals surface area contributed by atoms with Crippen molar-refractivity contribution >= 4 is 38.6 Å². The van der Waals surface area contributed by atoms with E-state index >= 15 is 0 Å². The van der Waals surface area contributed by atoms with Crippen LogP contribution in [-0.2, 0) is 24.4 Å². The minimum atomic E-state index is -3.90. The molecule has 2 saturated carbocycles. The minimum Gasteiger partial charge on any atom is -0.496 e. The largest absolute Gasteiger partial charge is 0.496 e. The number of allylic oxidation sites excluding steroid dienone is 1. The number of fused-ring (bicyclic) bond motifs is 2. The number of nitrogens with zero attached hydrogens (tertiary/aromatic N) is 3. The van der Waals surface area contributed by atoms with Crippen molar-refractivity contribution in [3.8, 4) is 17.3 Å². The number of aromatic nitrogens is 3. The molecule has 3 amide bonds. The molecule has 3 atom stereocenters. The molecule has 3 heterocycles. The number of carbonyl (C=O) groups is 3. The van der Waals surface area contributed by atoms with Crippen molar-refractivity contribution in [2.75, 3.05) is 13.7 Å². The van der Waals surface area contributed by atoms with E-state index in [4.69, 9.17) is 19.6 Å². The van der Waals surface area contributed by atoms with Gasteiger partial charge < -0.3 is 20.1 Å². The second kappa shape index (κ2) is 15.6. The Morgan fingerprint density at radius 3 is 2.62 bits per heavy atom. The summed E-state index contributed by atoms with van der Waals surface area (Å²) in [5, 5.41) is 10.6. The quantitative estimate of drug-likeness (QED) is 0.245. The van der Waals surface area contributed by atoms with Crippen LogP contribution in [0, 0.1) is 12.8 Å². The Morgan fingerprint density at radius 2 is 1.88 bits per heavy atom. The highest BCUT2D eigenvalue weighted by atomic mass is 32.2. The van der Waals surface area contributed by atoms with Crippen molar-refractivity contribution in [1.82, 2.24) is 30.1 Å². The molecular weight excluding hydrogens is 685 g/mol. The summed E-state index contributed by atoms with van der Waals surface area (Å²) in [7, 11) is -2.30. The average Bonchev–Trinajstić information content (AvgIpc) is 3.47. The molecule has 280 valence electrons. The Kier molecular flexibility index (Phi) is 11.2. The van der Waals surface area contributed by atoms with E-state index in [1.807, 2.05) is 43.5 Å². The van der Waals surface area contributed by atoms with Gasteiger partial charge in [0.05, 0.1) is 30.2 Å². The van der Waals surface area contributed by atoms with E-state index < -0.39 is 38.7 Å². The monoisotopic (exact) mass is 734 g/mol. The van der Waals surface area contributed by atoms with Crippen LogP contribution in [0.25, 0.3) is 16.7 Å². The van der Waals surface area contributed by atoms with E-state index in [-0.39, 0.29) is 43.6 Å². The molecule has 0 unspecified atom stereocenters. The first-order valence-electron chi connectivity index (χ1n) is 18.4. The molecular formula is C38H50N6O7S. The highest BCUT2D eigenvalue weighted by Gasteiger charge is 2.61. The normalized spacial score (nSPS) is 23.7. The smallest absolute Gasteiger partial charge is 0.259 e. The third-order valence-corrected chi connectivity index (χ3v) is 12.3. The van der Waals surface area contributed by atoms with Gasteiger partial charge in [-0.3, -0.25) is 19.1 Å². The minimum absolute atomic E-state index is 0.0386. The summed E-state index contributed by atoms with van der Waals surface area (Å²) in [4.78, 5) is 45.7. The Balaban J connectivity index is 1.25. The van der Waals surface area contributed by atoms with Crippen LogP contribution in [0.15, 0.2) is 42.6 Å². The third-order valence-electron chi connectivity index (χ3n) is 10.5. The van der Waals surface area contributed by atoms with Crippen LogP contribution in [0.4, 0.5) is 0 Å². The molecule has 52 heavy (non-hydrogen) atoms. The lowest BCUT2D eigenvalue weighted by Gasteiger charge is -2.24. The van der Waals surface area contributed by atoms with Gasteiger partial charge in [-0.1, -0.05) is 45.3 Å². The maximum atomic E-state index is 14.0. The molecule has 3 aromatic rings. The summed E-state index contributed by atoms with van der Waals surface area (Å²) in [6.45, 7) is 6.09. The van der Waals surface area contributed by atoms with Crippen molar-refractivity contribution in [1.29, 1.82) is 0 Å². The van der Waals surface area contributed by atoms with Crippen LogP contribution in [0.1, 0.15) is 102 Å². The lowest BCUT2D eigenvalue weighted by atomic mass is 10.1. The molecule has 3 aliphatic rings. The van der Waals surface area contributed by atoms with Crippen molar-refractivity contribution in [3.05, 3.63) is 53.9 Å². The topological polar surface area (TPSA) is 171 Å². The summed E-state index contributed by atoms with van der Waals surface area (Å²) in [5.74, 6) is 0.00148. The molecule has 2 fully saturated rings. The molecule has 2 aromatic heterocycles. The van der Waals surface area contributed by atoms with Crippen LogP contribution in [-0.4, -0.2) is 71.5 Å². The second-order valence-corrected chi connectivity index (χ2v) is 16.5. The summed E-state index contributed by atoms with van der Waals surface area (Å²) < 4.78 is 42.2. The van der Waals surface area contributed by atoms with E-state index in [9.17, 15) is 22.8 Å². The molecule has 0 bridgehead atoms. The lowest BCUT2D eigenvalue weighted by molar-refractivity contribution is -0.132. The molecule has 6 rings (SSSR count). The average molecular weight is 735 g/mol. The molecule has 0 saturated heterocycles. The summed E-state index contributed by atoms with van der Waals surface area (Å²) in [5.41, 5.74) is 0.981. The fraction of sp³-hybridized carbons (Fsp3) is 0.553. The maximum Gasteiger partial charge on any atom is 0.259 e. The predicted molar refractivity (Wildman–Crippen MR) is 197 cm³/mol. The van der Waals surface area contributed by atoms with Crippen molar-refractivity contribution in [2.45, 2.75) is 114 Å². The van der Waals surface area contributed by atoms with Gasteiger partial charge in [0.25, 0.3) is 5.91 Å². The number of carbonyl (C=O) groups excluding carboxylic acids is 3. The van der Waals surface area contributed by atoms with Gasteiger partial charge in [0.15, 0.2) is 5.82 Å². The van der Waals surface area contributed by atoms with Crippen LogP contribution in [0.2, 0.25) is 0 Å². The van der Waals surface area contributed by atoms with Crippen LogP contribution >= 0.6 is 0 Å². The standard InChI is InChI=1S/C38H50N6O7S/c1-24(2)29-18-20-44(42-29)33-22-32(28-16-17-31(50-4)25(3)35(28)40-33)51-21-19-30-36(46)41-38(37(47)43-52(48,49)27-13-10-11-14-27)23-26(38)12-8-6-5-7-9-15-34(45)39-30/h8,12,16-18,20,22,24,26-27,30H,5-7,9-11,13-15,19,21,23H2,1-4H3,(H,39,45)(H,41,46)(H,43,47)/b12-8-/t26-,30+,38-/m1/s1. The van der Waals surface area contributed by atoms with Gasteiger partial charge in [-0.15, -0.1) is 0 Å². The maximum absolute atomic E-state index is 14.0. The van der Waals surface area contributed by atoms with E-state index in [1.165, 1.54) is 0 Å². The number of pyridine rings is 1. The number of benzene rings is 1. The first-order chi connectivity index (χ1) is 24.9. The number of aryl methyl sites for hydroxylation is 1. The summed E-state index contributed by atoms with van der Waals surface area (Å²) >= 11 is 0. The van der Waals surface area contributed by atoms with Gasteiger partial charge in [-0.2, -0.15) is 5.10 Å². The summed E-state index contributed by atoms with van der Waals surface area (Å²) in [6, 6.07) is 6.42. The highest BCUT2D eigenvalue weighted by Crippen LogP contribution is 2.45. The van der Waals surface area contributed by atoms with Gasteiger partial charge in [0.1, 0.15) is 23.1 Å². The number of nitrogens with one attached hydrogen (secondary N) is 3. The predicted octanol–water partition coefficient (Wildman–Crippen LogP) is 4.90. The Hall–Kier alpha value is -4.46. The Morgan fingerprint density at radius 1 is 1.10 bits per heavy atom. The first kappa shape index (κ1) is 37.3. The molecule has 13 nitrogen and oxygen atoms in total. The molecule has 1 aliphatic heterocycles. The number of rotatable bonds is 10. The first-order valence-corrected chi connectivity index (χ1v) is 20.0. The Labute approximate surface area is 305 Å². The zero-order valence-corrected chi connectivity index (χ0v) is 31.3. The molecule has 3 N–H and O–H groups in total. The third kappa shape index (κ3) is 8.11. The van der Waals surface area contributed by atoms with E-state index in [2.05, 4.69) is 29.2 Å². The van der Waals surface area contributed by atoms with Gasteiger partial charge in [-0.05, 0) is 69.6 Å². The van der Waals surface area contributed by atoms with Crippen molar-refractivity contribution in [3.63, 3.8) is 0 Å². The fourth-order valence-corrected chi connectivity index (χ4v) is 8.76. The van der Waals surface area contributed by atoms with Gasteiger partial charge in [0.2, 0.25) is 21.8 Å². The van der Waals surface area contributed by atoms with Crippen molar-refractivity contribution in [2.24, 2.45) is 5.92 Å². The molecule has 0 radical (unpaired) electrons. The number of hydrogen-bond donors (Lipinski definition) is 3. The van der Waals surface area contributed by atoms with Gasteiger partial charge in [-0.25, -0.2) is 18.1 Å². The SMILES string of the molecule is COc1ccc2c(OCC[C@@H]3NC(=O)CCCCC/C=C\[C@@H]4C[C@@]4(C(=O)NS(=O)(=O)C4CCCC4)NC3=O)cc(-n3ccc(C(C)C)n3)nc2c1C. The van der Waals surface area contributed by atoms with E-state index in [0.29, 0.717) is 42.1 Å². The summed E-state index contributed by atoms with van der Waals surface area (Å²) in [6.07, 6.45) is 12.1. The van der Waals surface area contributed by atoms with Crippen LogP contribution in [0.5, 0.6) is 11.5 Å². The van der Waals surface area contributed by atoms with E-state index in [0.717, 1.165) is 48.7 Å². The number of sulfonamides is 1. The van der Waals surface area contributed by atoms with Crippen LogP contribution < -0.4 is 24.8 Å². The fourth-order valence-electron chi connectivity index (χ4n) is 7.20. The molecule has 2 aliphatic carbocycles.